The molecule has 3 amide bonds. The quantitative estimate of drug-likeness (QED) is 0.143. The Morgan fingerprint density at radius 3 is 2.35 bits per heavy atom. The molecule has 0 saturated carbocycles. The van der Waals surface area contributed by atoms with Gasteiger partial charge in [0, 0.05) is 23.5 Å². The summed E-state index contributed by atoms with van der Waals surface area (Å²) in [7, 11) is 0. The molecule has 0 radical (unpaired) electrons. The standard InChI is InChI=1S/C40H50BrN3O7/c1-8-10-19-30(46)42-26(7)34(27-17-12-11-13-18-27)50-39(49)31-32-37(47)44(29(22-45)23(3)4)36(40(32)21-28(41)35(31)51-40)38(48)43(20-9-2)33-24(5)15-14-16-25(33)6/h8-9,11-18,23,26,28-29,31-32,34-36,45H,1-2,10,19-22H2,3-7H3,(H,42,46)/t26-,28?,29-,31-,32+,34-,35-,36-,40+/m0/s1. The van der Waals surface area contributed by atoms with Crippen molar-refractivity contribution in [2.75, 3.05) is 18.1 Å². The number of benzene rings is 2. The first-order chi connectivity index (χ1) is 24.3. The van der Waals surface area contributed by atoms with Gasteiger partial charge in [-0.05, 0) is 56.2 Å². The van der Waals surface area contributed by atoms with E-state index >= 15 is 4.79 Å². The number of nitrogens with zero attached hydrogens (tertiary/aromatic N) is 2. The minimum Gasteiger partial charge on any atom is -0.455 e. The number of aliphatic hydroxyl groups is 1. The number of fused-ring (bicyclic) bond motifs is 1. The predicted octanol–water partition coefficient (Wildman–Crippen LogP) is 5.34. The monoisotopic (exact) mass is 763 g/mol. The van der Waals surface area contributed by atoms with Crippen molar-refractivity contribution in [3.8, 4) is 0 Å². The van der Waals surface area contributed by atoms with Gasteiger partial charge in [-0.2, -0.15) is 0 Å². The number of aryl methyl sites for hydroxylation is 2. The average molecular weight is 765 g/mol. The molecular formula is C40H50BrN3O7. The van der Waals surface area contributed by atoms with Crippen molar-refractivity contribution in [2.45, 2.75) is 94.6 Å². The summed E-state index contributed by atoms with van der Waals surface area (Å²) in [6.07, 6.45) is 2.74. The normalized spacial score (nSPS) is 26.7. The number of rotatable bonds is 15. The van der Waals surface area contributed by atoms with Gasteiger partial charge in [0.1, 0.15) is 17.7 Å². The van der Waals surface area contributed by atoms with Crippen LogP contribution in [0.5, 0.6) is 0 Å². The summed E-state index contributed by atoms with van der Waals surface area (Å²) in [4.78, 5) is 60.0. The zero-order chi connectivity index (χ0) is 37.2. The Morgan fingerprint density at radius 2 is 1.76 bits per heavy atom. The van der Waals surface area contributed by atoms with Gasteiger partial charge in [-0.1, -0.05) is 90.5 Å². The van der Waals surface area contributed by atoms with Crippen LogP contribution in [0.25, 0.3) is 0 Å². The number of para-hydroxylation sites is 1. The number of carbonyl (C=O) groups excluding carboxylic acids is 4. The number of allylic oxidation sites excluding steroid dienone is 1. The van der Waals surface area contributed by atoms with Crippen LogP contribution in [0.3, 0.4) is 0 Å². The van der Waals surface area contributed by atoms with E-state index in [0.717, 1.165) is 11.1 Å². The molecule has 2 aromatic rings. The molecule has 3 saturated heterocycles. The molecule has 0 aliphatic carbocycles. The second kappa shape index (κ2) is 15.8. The second-order valence-corrected chi connectivity index (χ2v) is 15.5. The first-order valence-electron chi connectivity index (χ1n) is 17.7. The molecule has 51 heavy (non-hydrogen) atoms. The maximum atomic E-state index is 15.1. The summed E-state index contributed by atoms with van der Waals surface area (Å²) in [5.74, 6) is -3.95. The number of hydrogen-bond acceptors (Lipinski definition) is 7. The molecule has 1 spiro atoms. The van der Waals surface area contributed by atoms with Crippen LogP contribution >= 0.6 is 15.9 Å². The number of halogens is 1. The Kier molecular flexibility index (Phi) is 11.9. The molecule has 2 bridgehead atoms. The van der Waals surface area contributed by atoms with E-state index in [4.69, 9.17) is 9.47 Å². The van der Waals surface area contributed by atoms with Gasteiger partial charge < -0.3 is 29.7 Å². The first kappa shape index (κ1) is 38.4. The van der Waals surface area contributed by atoms with E-state index in [9.17, 15) is 19.5 Å². The lowest BCUT2D eigenvalue weighted by atomic mass is 9.70. The minimum atomic E-state index is -1.37. The molecule has 274 valence electrons. The lowest BCUT2D eigenvalue weighted by molar-refractivity contribution is -0.162. The van der Waals surface area contributed by atoms with E-state index in [-0.39, 0.29) is 42.1 Å². The molecule has 3 aliphatic rings. The predicted molar refractivity (Wildman–Crippen MR) is 199 cm³/mol. The maximum Gasteiger partial charge on any atom is 0.313 e. The van der Waals surface area contributed by atoms with Crippen molar-refractivity contribution >= 4 is 45.3 Å². The van der Waals surface area contributed by atoms with Crippen LogP contribution in [-0.4, -0.2) is 81.5 Å². The lowest BCUT2D eigenvalue weighted by Gasteiger charge is -2.41. The van der Waals surface area contributed by atoms with Gasteiger partial charge in [0.2, 0.25) is 11.8 Å². The summed E-state index contributed by atoms with van der Waals surface area (Å²) in [6, 6.07) is 12.5. The molecule has 0 aromatic heterocycles. The van der Waals surface area contributed by atoms with Crippen LogP contribution in [0, 0.1) is 31.6 Å². The van der Waals surface area contributed by atoms with Crippen LogP contribution in [-0.2, 0) is 28.7 Å². The smallest absolute Gasteiger partial charge is 0.313 e. The van der Waals surface area contributed by atoms with E-state index in [0.29, 0.717) is 24.1 Å². The van der Waals surface area contributed by atoms with Crippen LogP contribution in [0.1, 0.15) is 62.8 Å². The van der Waals surface area contributed by atoms with Crippen molar-refractivity contribution in [2.24, 2.45) is 17.8 Å². The van der Waals surface area contributed by atoms with E-state index < -0.39 is 59.6 Å². The highest BCUT2D eigenvalue weighted by molar-refractivity contribution is 9.09. The molecular weight excluding hydrogens is 714 g/mol. The van der Waals surface area contributed by atoms with Gasteiger partial charge in [-0.15, -0.1) is 13.2 Å². The molecule has 2 aromatic carbocycles. The third-order valence-corrected chi connectivity index (χ3v) is 11.5. The summed E-state index contributed by atoms with van der Waals surface area (Å²) in [6.45, 7) is 16.8. The van der Waals surface area contributed by atoms with Crippen molar-refractivity contribution < 1.29 is 33.8 Å². The van der Waals surface area contributed by atoms with Gasteiger partial charge in [-0.3, -0.25) is 19.2 Å². The highest BCUT2D eigenvalue weighted by Gasteiger charge is 2.78. The molecule has 3 fully saturated rings. The second-order valence-electron chi connectivity index (χ2n) is 14.3. The highest BCUT2D eigenvalue weighted by atomic mass is 79.9. The zero-order valence-corrected chi connectivity index (χ0v) is 31.7. The van der Waals surface area contributed by atoms with E-state index in [1.807, 2.05) is 76.2 Å². The Hall–Kier alpha value is -3.80. The fourth-order valence-corrected chi connectivity index (χ4v) is 9.28. The van der Waals surface area contributed by atoms with Gasteiger partial charge in [0.15, 0.2) is 0 Å². The van der Waals surface area contributed by atoms with Gasteiger partial charge in [0.05, 0.1) is 36.6 Å². The Balaban J connectivity index is 1.57. The molecule has 5 rings (SSSR count). The van der Waals surface area contributed by atoms with Crippen molar-refractivity contribution in [1.82, 2.24) is 10.2 Å². The van der Waals surface area contributed by atoms with E-state index in [1.54, 1.807) is 24.0 Å². The zero-order valence-electron chi connectivity index (χ0n) is 30.1. The molecule has 1 unspecified atom stereocenters. The van der Waals surface area contributed by atoms with E-state index in [1.165, 1.54) is 4.90 Å². The fourth-order valence-electron chi connectivity index (χ4n) is 8.33. The van der Waals surface area contributed by atoms with E-state index in [2.05, 4.69) is 34.4 Å². The third-order valence-electron chi connectivity index (χ3n) is 10.6. The van der Waals surface area contributed by atoms with Gasteiger partial charge in [-0.25, -0.2) is 0 Å². The highest BCUT2D eigenvalue weighted by Crippen LogP contribution is 2.61. The fraction of sp³-hybridized carbons (Fsp3) is 0.500. The molecule has 10 nitrogen and oxygen atoms in total. The number of nitrogens with one attached hydrogen (secondary N) is 1. The SMILES string of the molecule is C=CCCC(=O)N[C@@H](C)[C@H](OC(=O)[C@@H]1[C@H]2O[C@@]3(CC2Br)[C@H](C(=O)N(CC=C)c2c(C)cccc2C)N([C@@H](CO)C(C)C)C(=O)[C@@H]13)c1ccccc1. The average Bonchev–Trinajstić information content (AvgIpc) is 3.69. The number of amides is 3. The number of esters is 1. The van der Waals surface area contributed by atoms with Crippen LogP contribution in [0.4, 0.5) is 5.69 Å². The Morgan fingerprint density at radius 1 is 1.10 bits per heavy atom. The molecule has 9 atom stereocenters. The molecule has 3 aliphatic heterocycles. The number of alkyl halides is 1. The number of anilines is 1. The number of carbonyl (C=O) groups is 4. The summed E-state index contributed by atoms with van der Waals surface area (Å²) in [5, 5.41) is 13.6. The maximum absolute atomic E-state index is 15.1. The minimum absolute atomic E-state index is 0.178. The number of aliphatic hydroxyl groups excluding tert-OH is 1. The number of likely N-dealkylation sites (tertiary alicyclic amines) is 1. The largest absolute Gasteiger partial charge is 0.455 e. The lowest BCUT2D eigenvalue weighted by Crippen LogP contribution is -2.60. The number of ether oxygens (including phenoxy) is 2. The molecule has 3 heterocycles. The molecule has 11 heteroatoms. The summed E-state index contributed by atoms with van der Waals surface area (Å²) >= 11 is 3.75. The first-order valence-corrected chi connectivity index (χ1v) is 18.6. The van der Waals surface area contributed by atoms with Crippen molar-refractivity contribution in [1.29, 1.82) is 0 Å². The Bertz CT molecular complexity index is 1630. The Labute approximate surface area is 309 Å². The summed E-state index contributed by atoms with van der Waals surface area (Å²) in [5.41, 5.74) is 1.78. The molecule has 2 N–H and O–H groups in total. The van der Waals surface area contributed by atoms with Crippen LogP contribution < -0.4 is 10.2 Å². The number of hydrogen-bond donors (Lipinski definition) is 2. The van der Waals surface area contributed by atoms with Crippen LogP contribution in [0.2, 0.25) is 0 Å². The third kappa shape index (κ3) is 7.04. The van der Waals surface area contributed by atoms with Crippen LogP contribution in [0.15, 0.2) is 73.8 Å². The van der Waals surface area contributed by atoms with Gasteiger partial charge in [0.25, 0.3) is 5.91 Å². The summed E-state index contributed by atoms with van der Waals surface area (Å²) < 4.78 is 13.1. The van der Waals surface area contributed by atoms with Gasteiger partial charge >= 0.3 is 5.97 Å². The van der Waals surface area contributed by atoms with Crippen molar-refractivity contribution in [3.05, 3.63) is 90.5 Å². The topological polar surface area (TPSA) is 125 Å². The van der Waals surface area contributed by atoms with Crippen molar-refractivity contribution in [3.63, 3.8) is 0 Å².